The maximum absolute atomic E-state index is 8.93. The lowest BCUT2D eigenvalue weighted by molar-refractivity contribution is 0.0909. The van der Waals surface area contributed by atoms with E-state index in [1.54, 1.807) is 0 Å². The number of hydrogen-bond donors (Lipinski definition) is 0. The molecular formula is C12H12N2O. The van der Waals surface area contributed by atoms with Crippen molar-refractivity contribution in [3.05, 3.63) is 36.0 Å². The van der Waals surface area contributed by atoms with Crippen LogP contribution in [0.3, 0.4) is 0 Å². The minimum Gasteiger partial charge on any atom is -0.361 e. The van der Waals surface area contributed by atoms with E-state index in [0.717, 1.165) is 10.9 Å². The van der Waals surface area contributed by atoms with Crippen LogP contribution in [-0.4, -0.2) is 11.2 Å². The van der Waals surface area contributed by atoms with Crippen molar-refractivity contribution in [3.63, 3.8) is 0 Å². The van der Waals surface area contributed by atoms with Crippen LogP contribution in [0.1, 0.15) is 12.5 Å². The fourth-order valence-electron chi connectivity index (χ4n) is 1.62. The molecule has 0 fully saturated rings. The molecule has 0 amide bonds. The number of benzene rings is 1. The molecule has 15 heavy (non-hydrogen) atoms. The van der Waals surface area contributed by atoms with Crippen LogP contribution in [0.25, 0.3) is 10.9 Å². The summed E-state index contributed by atoms with van der Waals surface area (Å²) >= 11 is 0. The predicted molar refractivity (Wildman–Crippen MR) is 58.3 cm³/mol. The fourth-order valence-corrected chi connectivity index (χ4v) is 1.62. The number of nitrogens with zero attached hydrogens (tertiary/aromatic N) is 2. The molecule has 1 aromatic heterocycles. The topological polar surface area (TPSA) is 38.0 Å². The van der Waals surface area contributed by atoms with Gasteiger partial charge in [-0.25, -0.2) is 0 Å². The van der Waals surface area contributed by atoms with Crippen molar-refractivity contribution in [1.29, 1.82) is 5.26 Å². The van der Waals surface area contributed by atoms with Crippen molar-refractivity contribution in [2.45, 2.75) is 13.7 Å². The lowest BCUT2D eigenvalue weighted by Crippen LogP contribution is -2.00. The zero-order valence-electron chi connectivity index (χ0n) is 8.60. The monoisotopic (exact) mass is 200 g/mol. The van der Waals surface area contributed by atoms with Crippen LogP contribution in [0, 0.1) is 11.3 Å². The standard InChI is InChI=1S/C12H12N2O/c1-2-15-9-14-7-6-11-10(8-13)4-3-5-12(11)14/h3-7H,2,9H2,1H3. The smallest absolute Gasteiger partial charge is 0.122 e. The minimum absolute atomic E-state index is 0.537. The maximum atomic E-state index is 8.93. The van der Waals surface area contributed by atoms with Gasteiger partial charge in [-0.05, 0) is 25.1 Å². The first-order valence-corrected chi connectivity index (χ1v) is 4.92. The lowest BCUT2D eigenvalue weighted by atomic mass is 10.1. The fraction of sp³-hybridized carbons (Fsp3) is 0.250. The predicted octanol–water partition coefficient (Wildman–Crippen LogP) is 2.51. The number of fused-ring (bicyclic) bond motifs is 1. The maximum Gasteiger partial charge on any atom is 0.122 e. The number of hydrogen-bond acceptors (Lipinski definition) is 2. The highest BCUT2D eigenvalue weighted by Crippen LogP contribution is 2.19. The molecule has 3 nitrogen and oxygen atoms in total. The lowest BCUT2D eigenvalue weighted by Gasteiger charge is -2.04. The van der Waals surface area contributed by atoms with E-state index in [-0.39, 0.29) is 0 Å². The third-order valence-corrected chi connectivity index (χ3v) is 2.37. The summed E-state index contributed by atoms with van der Waals surface area (Å²) in [5.74, 6) is 0. The van der Waals surface area contributed by atoms with Gasteiger partial charge >= 0.3 is 0 Å². The number of aromatic nitrogens is 1. The Hall–Kier alpha value is -1.79. The van der Waals surface area contributed by atoms with E-state index in [1.165, 1.54) is 0 Å². The van der Waals surface area contributed by atoms with E-state index in [4.69, 9.17) is 10.00 Å². The molecule has 1 aromatic carbocycles. The molecule has 0 bridgehead atoms. The summed E-state index contributed by atoms with van der Waals surface area (Å²) in [5, 5.41) is 9.92. The first kappa shape index (κ1) is 9.75. The second-order valence-electron chi connectivity index (χ2n) is 3.26. The zero-order valence-corrected chi connectivity index (χ0v) is 8.60. The van der Waals surface area contributed by atoms with Crippen LogP contribution < -0.4 is 0 Å². The highest BCUT2D eigenvalue weighted by molar-refractivity contribution is 5.85. The summed E-state index contributed by atoms with van der Waals surface area (Å²) in [6.07, 6.45) is 1.95. The van der Waals surface area contributed by atoms with Gasteiger partial charge in [-0.15, -0.1) is 0 Å². The van der Waals surface area contributed by atoms with E-state index in [9.17, 15) is 0 Å². The Labute approximate surface area is 88.5 Å². The van der Waals surface area contributed by atoms with Gasteiger partial charge in [-0.3, -0.25) is 0 Å². The molecule has 2 aromatic rings. The van der Waals surface area contributed by atoms with E-state index in [1.807, 2.05) is 42.0 Å². The SMILES string of the molecule is CCOCn1ccc2c(C#N)cccc21. The van der Waals surface area contributed by atoms with Crippen molar-refractivity contribution in [1.82, 2.24) is 4.57 Å². The molecule has 0 spiro atoms. The average Bonchev–Trinajstić information content (AvgIpc) is 2.69. The average molecular weight is 200 g/mol. The molecule has 0 aliphatic carbocycles. The molecule has 0 radical (unpaired) electrons. The number of rotatable bonds is 3. The van der Waals surface area contributed by atoms with Gasteiger partial charge in [0.05, 0.1) is 17.1 Å². The third-order valence-electron chi connectivity index (χ3n) is 2.37. The van der Waals surface area contributed by atoms with Crippen molar-refractivity contribution in [2.24, 2.45) is 0 Å². The molecule has 76 valence electrons. The molecule has 3 heteroatoms. The van der Waals surface area contributed by atoms with E-state index in [2.05, 4.69) is 6.07 Å². The van der Waals surface area contributed by atoms with Gasteiger partial charge in [-0.1, -0.05) is 6.07 Å². The van der Waals surface area contributed by atoms with Crippen molar-refractivity contribution in [3.8, 4) is 6.07 Å². The summed E-state index contributed by atoms with van der Waals surface area (Å²) in [5.41, 5.74) is 1.75. The normalized spacial score (nSPS) is 10.4. The summed E-state index contributed by atoms with van der Waals surface area (Å²) in [4.78, 5) is 0. The minimum atomic E-state index is 0.537. The molecule has 0 saturated carbocycles. The van der Waals surface area contributed by atoms with Crippen molar-refractivity contribution in [2.75, 3.05) is 6.61 Å². The third kappa shape index (κ3) is 1.72. The second-order valence-corrected chi connectivity index (χ2v) is 3.26. The van der Waals surface area contributed by atoms with Crippen LogP contribution in [-0.2, 0) is 11.5 Å². The van der Waals surface area contributed by atoms with Crippen LogP contribution in [0.15, 0.2) is 30.5 Å². The highest BCUT2D eigenvalue weighted by Gasteiger charge is 2.04. The van der Waals surface area contributed by atoms with Crippen LogP contribution in [0.4, 0.5) is 0 Å². The molecule has 0 aliphatic heterocycles. The van der Waals surface area contributed by atoms with Gasteiger partial charge in [0, 0.05) is 18.2 Å². The van der Waals surface area contributed by atoms with Gasteiger partial charge in [0.25, 0.3) is 0 Å². The van der Waals surface area contributed by atoms with Gasteiger partial charge in [-0.2, -0.15) is 5.26 Å². The number of ether oxygens (including phenoxy) is 1. The van der Waals surface area contributed by atoms with Gasteiger partial charge in [0.15, 0.2) is 0 Å². The molecule has 2 rings (SSSR count). The molecule has 1 heterocycles. The molecule has 0 N–H and O–H groups in total. The molecule has 0 saturated heterocycles. The van der Waals surface area contributed by atoms with E-state index >= 15 is 0 Å². The summed E-state index contributed by atoms with van der Waals surface area (Å²) in [6, 6.07) is 9.85. The van der Waals surface area contributed by atoms with Crippen molar-refractivity contribution >= 4 is 10.9 Å². The molecule has 0 unspecified atom stereocenters. The van der Waals surface area contributed by atoms with Crippen LogP contribution in [0.5, 0.6) is 0 Å². The Bertz CT molecular complexity index is 508. The first-order valence-electron chi connectivity index (χ1n) is 4.92. The van der Waals surface area contributed by atoms with E-state index < -0.39 is 0 Å². The first-order chi connectivity index (χ1) is 7.36. The van der Waals surface area contributed by atoms with Crippen molar-refractivity contribution < 1.29 is 4.74 Å². The Morgan fingerprint density at radius 2 is 2.27 bits per heavy atom. The van der Waals surface area contributed by atoms with Crippen LogP contribution in [0.2, 0.25) is 0 Å². The zero-order chi connectivity index (χ0) is 10.7. The Kier molecular flexibility index (Phi) is 2.70. The second kappa shape index (κ2) is 4.16. The summed E-state index contributed by atoms with van der Waals surface area (Å²) in [6.45, 7) is 3.19. The van der Waals surface area contributed by atoms with E-state index in [0.29, 0.717) is 18.9 Å². The Morgan fingerprint density at radius 3 is 3.00 bits per heavy atom. The molecule has 0 atom stereocenters. The van der Waals surface area contributed by atoms with Gasteiger partial charge in [0.1, 0.15) is 6.73 Å². The molecule has 0 aliphatic rings. The summed E-state index contributed by atoms with van der Waals surface area (Å²) in [7, 11) is 0. The van der Waals surface area contributed by atoms with Gasteiger partial charge in [0.2, 0.25) is 0 Å². The Balaban J connectivity index is 2.47. The number of nitriles is 1. The van der Waals surface area contributed by atoms with Gasteiger partial charge < -0.3 is 9.30 Å². The largest absolute Gasteiger partial charge is 0.361 e. The van der Waals surface area contributed by atoms with Crippen LogP contribution >= 0.6 is 0 Å². The summed E-state index contributed by atoms with van der Waals surface area (Å²) < 4.78 is 7.34. The molecular weight excluding hydrogens is 188 g/mol. The highest BCUT2D eigenvalue weighted by atomic mass is 16.5. The Morgan fingerprint density at radius 1 is 1.40 bits per heavy atom. The quantitative estimate of drug-likeness (QED) is 0.763.